The number of aliphatic hydroxyl groups excluding tert-OH is 1. The van der Waals surface area contributed by atoms with Crippen LogP contribution in [-0.4, -0.2) is 18.3 Å². The van der Waals surface area contributed by atoms with Gasteiger partial charge in [-0.05, 0) is 11.6 Å². The summed E-state index contributed by atoms with van der Waals surface area (Å²) in [5.41, 5.74) is 1.42. The van der Waals surface area contributed by atoms with Crippen LogP contribution in [0.4, 0.5) is 0 Å². The molecule has 1 aliphatic heterocycles. The Morgan fingerprint density at radius 2 is 1.65 bits per heavy atom. The number of halogens is 1. The van der Waals surface area contributed by atoms with Crippen molar-refractivity contribution < 1.29 is 14.6 Å². The molecule has 2 aromatic carbocycles. The molecule has 0 aromatic heterocycles. The molecule has 1 atom stereocenters. The van der Waals surface area contributed by atoms with Crippen molar-refractivity contribution in [3.63, 3.8) is 0 Å². The van der Waals surface area contributed by atoms with Crippen LogP contribution in [0.2, 0.25) is 5.02 Å². The highest BCUT2D eigenvalue weighted by molar-refractivity contribution is 6.31. The minimum absolute atomic E-state index is 0.477. The number of hydrogen-bond donors (Lipinski definition) is 1. The van der Waals surface area contributed by atoms with Gasteiger partial charge in [0.15, 0.2) is 11.5 Å². The third-order valence-corrected chi connectivity index (χ3v) is 3.60. The maximum absolute atomic E-state index is 10.5. The summed E-state index contributed by atoms with van der Waals surface area (Å²) < 4.78 is 11.2. The Morgan fingerprint density at radius 3 is 2.35 bits per heavy atom. The van der Waals surface area contributed by atoms with Gasteiger partial charge in [-0.1, -0.05) is 41.9 Å². The maximum atomic E-state index is 10.5. The molecule has 3 nitrogen and oxygen atoms in total. The van der Waals surface area contributed by atoms with Gasteiger partial charge in [0.2, 0.25) is 0 Å². The quantitative estimate of drug-likeness (QED) is 0.919. The van der Waals surface area contributed by atoms with E-state index in [1.807, 2.05) is 30.3 Å². The zero-order chi connectivity index (χ0) is 13.9. The average Bonchev–Trinajstić information content (AvgIpc) is 2.71. The summed E-state index contributed by atoms with van der Waals surface area (Å²) in [5.74, 6) is 1.27. The molecule has 0 aliphatic carbocycles. The SMILES string of the molecule is OC(c1ccccc1)c1cc2c(cc1Cl)OCCCO2. The fraction of sp³-hybridized carbons (Fsp3) is 0.250. The molecule has 0 saturated heterocycles. The van der Waals surface area contributed by atoms with Crippen molar-refractivity contribution in [1.29, 1.82) is 0 Å². The molecule has 104 valence electrons. The van der Waals surface area contributed by atoms with Gasteiger partial charge in [0.1, 0.15) is 6.10 Å². The van der Waals surface area contributed by atoms with Crippen LogP contribution in [0.25, 0.3) is 0 Å². The number of ether oxygens (including phenoxy) is 2. The van der Waals surface area contributed by atoms with Crippen molar-refractivity contribution in [1.82, 2.24) is 0 Å². The van der Waals surface area contributed by atoms with Gasteiger partial charge in [-0.15, -0.1) is 0 Å². The fourth-order valence-corrected chi connectivity index (χ4v) is 2.48. The standard InChI is InChI=1S/C16H15ClO3/c17-13-10-15-14(19-7-4-8-20-15)9-12(13)16(18)11-5-2-1-3-6-11/h1-3,5-6,9-10,16,18H,4,7-8H2. The van der Waals surface area contributed by atoms with Gasteiger partial charge in [-0.25, -0.2) is 0 Å². The summed E-state index contributed by atoms with van der Waals surface area (Å²) in [5, 5.41) is 10.9. The molecule has 0 radical (unpaired) electrons. The molecular weight excluding hydrogens is 276 g/mol. The third kappa shape index (κ3) is 2.60. The second-order valence-corrected chi connectivity index (χ2v) is 5.09. The van der Waals surface area contributed by atoms with Gasteiger partial charge in [-0.2, -0.15) is 0 Å². The summed E-state index contributed by atoms with van der Waals surface area (Å²) >= 11 is 6.26. The lowest BCUT2D eigenvalue weighted by Gasteiger charge is -2.16. The average molecular weight is 291 g/mol. The first-order chi connectivity index (χ1) is 9.75. The molecule has 0 bridgehead atoms. The van der Waals surface area contributed by atoms with Crippen molar-refractivity contribution in [2.75, 3.05) is 13.2 Å². The van der Waals surface area contributed by atoms with E-state index in [0.29, 0.717) is 35.3 Å². The molecule has 1 heterocycles. The summed E-state index contributed by atoms with van der Waals surface area (Å²) in [6, 6.07) is 12.9. The van der Waals surface area contributed by atoms with Crippen LogP contribution in [0.5, 0.6) is 11.5 Å². The maximum Gasteiger partial charge on any atom is 0.162 e. The number of benzene rings is 2. The van der Waals surface area contributed by atoms with Crippen LogP contribution in [0.1, 0.15) is 23.7 Å². The van der Waals surface area contributed by atoms with Crippen molar-refractivity contribution in [2.45, 2.75) is 12.5 Å². The molecule has 0 saturated carbocycles. The second kappa shape index (κ2) is 5.73. The molecule has 0 spiro atoms. The van der Waals surface area contributed by atoms with E-state index < -0.39 is 6.10 Å². The first-order valence-corrected chi connectivity index (χ1v) is 6.95. The van der Waals surface area contributed by atoms with E-state index in [4.69, 9.17) is 21.1 Å². The largest absolute Gasteiger partial charge is 0.490 e. The van der Waals surface area contributed by atoms with Crippen LogP contribution in [0.3, 0.4) is 0 Å². The summed E-state index contributed by atoms with van der Waals surface area (Å²) in [6.45, 7) is 1.22. The van der Waals surface area contributed by atoms with Crippen LogP contribution in [0.15, 0.2) is 42.5 Å². The fourth-order valence-electron chi connectivity index (χ4n) is 2.22. The van der Waals surface area contributed by atoms with Gasteiger partial charge in [0.25, 0.3) is 0 Å². The van der Waals surface area contributed by atoms with E-state index in [9.17, 15) is 5.11 Å². The molecule has 1 aliphatic rings. The van der Waals surface area contributed by atoms with Crippen LogP contribution in [-0.2, 0) is 0 Å². The van der Waals surface area contributed by atoms with Crippen LogP contribution >= 0.6 is 11.6 Å². The van der Waals surface area contributed by atoms with Gasteiger partial charge in [-0.3, -0.25) is 0 Å². The Labute approximate surface area is 122 Å². The predicted octanol–water partition coefficient (Wildman–Crippen LogP) is 3.58. The lowest BCUT2D eigenvalue weighted by molar-refractivity contribution is 0.219. The normalized spacial score (nSPS) is 15.5. The molecule has 3 rings (SSSR count). The van der Waals surface area contributed by atoms with E-state index in [-0.39, 0.29) is 0 Å². The molecule has 1 unspecified atom stereocenters. The third-order valence-electron chi connectivity index (χ3n) is 3.28. The first kappa shape index (κ1) is 13.3. The smallest absolute Gasteiger partial charge is 0.162 e. The minimum atomic E-state index is -0.777. The number of fused-ring (bicyclic) bond motifs is 1. The Balaban J connectivity index is 1.99. The first-order valence-electron chi connectivity index (χ1n) is 6.58. The number of rotatable bonds is 2. The van der Waals surface area contributed by atoms with Gasteiger partial charge >= 0.3 is 0 Å². The molecule has 1 N–H and O–H groups in total. The van der Waals surface area contributed by atoms with Crippen molar-refractivity contribution in [2.24, 2.45) is 0 Å². The summed E-state index contributed by atoms with van der Waals surface area (Å²) in [4.78, 5) is 0. The van der Waals surface area contributed by atoms with Gasteiger partial charge < -0.3 is 14.6 Å². The topological polar surface area (TPSA) is 38.7 Å². The lowest BCUT2D eigenvalue weighted by atomic mass is 10.0. The Hall–Kier alpha value is -1.71. The van der Waals surface area contributed by atoms with E-state index in [1.165, 1.54) is 0 Å². The Morgan fingerprint density at radius 1 is 1.00 bits per heavy atom. The second-order valence-electron chi connectivity index (χ2n) is 4.68. The highest BCUT2D eigenvalue weighted by Crippen LogP contribution is 2.38. The van der Waals surface area contributed by atoms with E-state index in [2.05, 4.69) is 0 Å². The van der Waals surface area contributed by atoms with Crippen molar-refractivity contribution >= 4 is 11.6 Å². The van der Waals surface area contributed by atoms with Crippen molar-refractivity contribution in [3.05, 3.63) is 58.6 Å². The molecule has 0 amide bonds. The van der Waals surface area contributed by atoms with E-state index in [0.717, 1.165) is 12.0 Å². The molecule has 20 heavy (non-hydrogen) atoms. The monoisotopic (exact) mass is 290 g/mol. The molecular formula is C16H15ClO3. The number of aliphatic hydroxyl groups is 1. The zero-order valence-electron chi connectivity index (χ0n) is 10.9. The molecule has 2 aromatic rings. The van der Waals surface area contributed by atoms with Crippen LogP contribution < -0.4 is 9.47 Å². The molecule has 4 heteroatoms. The van der Waals surface area contributed by atoms with E-state index >= 15 is 0 Å². The predicted molar refractivity (Wildman–Crippen MR) is 77.6 cm³/mol. The van der Waals surface area contributed by atoms with Gasteiger partial charge in [0.05, 0.1) is 18.2 Å². The lowest BCUT2D eigenvalue weighted by Crippen LogP contribution is -2.02. The minimum Gasteiger partial charge on any atom is -0.490 e. The Kier molecular flexibility index (Phi) is 3.81. The Bertz CT molecular complexity index is 598. The van der Waals surface area contributed by atoms with E-state index in [1.54, 1.807) is 12.1 Å². The van der Waals surface area contributed by atoms with Gasteiger partial charge in [0, 0.05) is 18.1 Å². The highest BCUT2D eigenvalue weighted by atomic mass is 35.5. The van der Waals surface area contributed by atoms with Crippen molar-refractivity contribution in [3.8, 4) is 11.5 Å². The molecule has 0 fully saturated rings. The zero-order valence-corrected chi connectivity index (χ0v) is 11.6. The number of hydrogen-bond acceptors (Lipinski definition) is 3. The summed E-state index contributed by atoms with van der Waals surface area (Å²) in [7, 11) is 0. The highest BCUT2D eigenvalue weighted by Gasteiger charge is 2.19. The van der Waals surface area contributed by atoms with Crippen LogP contribution in [0, 0.1) is 0 Å². The summed E-state index contributed by atoms with van der Waals surface area (Å²) in [6.07, 6.45) is 0.0592.